The molecule has 188 valence electrons. The van der Waals surface area contributed by atoms with E-state index in [0.717, 1.165) is 30.5 Å². The maximum atomic E-state index is 13.9. The summed E-state index contributed by atoms with van der Waals surface area (Å²) >= 11 is 0. The van der Waals surface area contributed by atoms with Crippen molar-refractivity contribution in [3.05, 3.63) is 101 Å². The third-order valence-corrected chi connectivity index (χ3v) is 6.71. The molecule has 9 heteroatoms. The third kappa shape index (κ3) is 5.02. The molecule has 2 aromatic heterocycles. The summed E-state index contributed by atoms with van der Waals surface area (Å²) in [5.41, 5.74) is 2.58. The predicted molar refractivity (Wildman–Crippen MR) is 133 cm³/mol. The first-order valence-electron chi connectivity index (χ1n) is 11.9. The highest BCUT2D eigenvalue weighted by molar-refractivity contribution is 6.05. The number of fused-ring (bicyclic) bond motifs is 1. The van der Waals surface area contributed by atoms with Crippen molar-refractivity contribution in [2.45, 2.75) is 25.7 Å². The van der Waals surface area contributed by atoms with Crippen LogP contribution in [0.5, 0.6) is 0 Å². The lowest BCUT2D eigenvalue weighted by atomic mass is 9.89. The SMILES string of the molecule is Cc1nc(F)ccc1C(=O)Nc1ccc(C2CCN(C(=O)c3cnc4c(F)c(F)ccc4c3)CC2)cc1. The molecule has 1 saturated heterocycles. The molecule has 4 aromatic rings. The van der Waals surface area contributed by atoms with Crippen LogP contribution in [0.3, 0.4) is 0 Å². The number of hydrogen-bond acceptors (Lipinski definition) is 4. The number of pyridine rings is 2. The molecule has 0 atom stereocenters. The molecule has 2 amide bonds. The van der Waals surface area contributed by atoms with Gasteiger partial charge in [0, 0.05) is 30.4 Å². The van der Waals surface area contributed by atoms with Gasteiger partial charge in [0.05, 0.1) is 16.8 Å². The number of anilines is 1. The zero-order chi connectivity index (χ0) is 26.1. The van der Waals surface area contributed by atoms with Crippen LogP contribution in [0.15, 0.2) is 60.8 Å². The second-order valence-electron chi connectivity index (χ2n) is 9.07. The molecule has 1 aliphatic heterocycles. The van der Waals surface area contributed by atoms with Gasteiger partial charge in [0.15, 0.2) is 11.6 Å². The highest BCUT2D eigenvalue weighted by atomic mass is 19.2. The first-order chi connectivity index (χ1) is 17.8. The Hall–Kier alpha value is -4.27. The second kappa shape index (κ2) is 10.0. The standard InChI is InChI=1S/C28H23F3N4O2/c1-16-22(7-9-24(30)33-16)27(36)34-21-5-2-17(3-6-21)18-10-12-35(13-11-18)28(37)20-14-19-4-8-23(29)25(31)26(19)32-15-20/h2-9,14-15,18H,10-13H2,1H3,(H,34,36). The quantitative estimate of drug-likeness (QED) is 0.366. The molecule has 2 aromatic carbocycles. The minimum atomic E-state index is -1.02. The van der Waals surface area contributed by atoms with E-state index in [9.17, 15) is 22.8 Å². The van der Waals surface area contributed by atoms with Crippen LogP contribution in [-0.4, -0.2) is 39.8 Å². The summed E-state index contributed by atoms with van der Waals surface area (Å²) < 4.78 is 40.5. The lowest BCUT2D eigenvalue weighted by Crippen LogP contribution is -2.38. The van der Waals surface area contributed by atoms with Crippen molar-refractivity contribution in [3.8, 4) is 0 Å². The molecule has 0 unspecified atom stereocenters. The monoisotopic (exact) mass is 504 g/mol. The number of nitrogens with zero attached hydrogens (tertiary/aromatic N) is 3. The lowest BCUT2D eigenvalue weighted by molar-refractivity contribution is 0.0712. The Balaban J connectivity index is 1.20. The largest absolute Gasteiger partial charge is 0.339 e. The van der Waals surface area contributed by atoms with Crippen molar-refractivity contribution in [1.29, 1.82) is 0 Å². The zero-order valence-corrected chi connectivity index (χ0v) is 20.0. The molecule has 0 saturated carbocycles. The van der Waals surface area contributed by atoms with Crippen molar-refractivity contribution in [1.82, 2.24) is 14.9 Å². The van der Waals surface area contributed by atoms with Gasteiger partial charge in [0.25, 0.3) is 11.8 Å². The summed E-state index contributed by atoms with van der Waals surface area (Å²) in [6.45, 7) is 2.68. The molecule has 1 N–H and O–H groups in total. The number of amides is 2. The molecule has 37 heavy (non-hydrogen) atoms. The fraction of sp³-hybridized carbons (Fsp3) is 0.214. The number of aromatic nitrogens is 2. The molecular formula is C28H23F3N4O2. The first kappa shape index (κ1) is 24.4. The minimum Gasteiger partial charge on any atom is -0.339 e. The van der Waals surface area contributed by atoms with Gasteiger partial charge in [-0.2, -0.15) is 4.39 Å². The Bertz CT molecular complexity index is 1500. The number of benzene rings is 2. The number of aryl methyl sites for hydroxylation is 1. The van der Waals surface area contributed by atoms with E-state index in [0.29, 0.717) is 41.0 Å². The Kier molecular flexibility index (Phi) is 6.60. The summed E-state index contributed by atoms with van der Waals surface area (Å²) in [5.74, 6) is -2.93. The molecule has 1 aliphatic rings. The van der Waals surface area contributed by atoms with Crippen molar-refractivity contribution in [2.75, 3.05) is 18.4 Å². The molecule has 0 radical (unpaired) electrons. The van der Waals surface area contributed by atoms with Crippen LogP contribution in [0, 0.1) is 24.5 Å². The molecule has 0 bridgehead atoms. The van der Waals surface area contributed by atoms with E-state index in [2.05, 4.69) is 15.3 Å². The van der Waals surface area contributed by atoms with Gasteiger partial charge in [-0.3, -0.25) is 14.6 Å². The van der Waals surface area contributed by atoms with Gasteiger partial charge in [0.1, 0.15) is 5.52 Å². The molecule has 6 nitrogen and oxygen atoms in total. The molecule has 3 heterocycles. The summed E-state index contributed by atoms with van der Waals surface area (Å²) in [4.78, 5) is 34.9. The van der Waals surface area contributed by atoms with Gasteiger partial charge >= 0.3 is 0 Å². The topological polar surface area (TPSA) is 75.2 Å². The Morgan fingerprint density at radius 1 is 0.973 bits per heavy atom. The lowest BCUT2D eigenvalue weighted by Gasteiger charge is -2.32. The fourth-order valence-electron chi connectivity index (χ4n) is 4.66. The Morgan fingerprint density at radius 2 is 1.70 bits per heavy atom. The van der Waals surface area contributed by atoms with Gasteiger partial charge in [-0.25, -0.2) is 13.8 Å². The van der Waals surface area contributed by atoms with Crippen molar-refractivity contribution in [3.63, 3.8) is 0 Å². The number of carbonyl (C=O) groups excluding carboxylic acids is 2. The van der Waals surface area contributed by atoms with Crippen LogP contribution >= 0.6 is 0 Å². The number of piperidine rings is 1. The predicted octanol–water partition coefficient (Wildman–Crippen LogP) is 5.63. The summed E-state index contributed by atoms with van der Waals surface area (Å²) in [6.07, 6.45) is 2.81. The molecule has 0 aliphatic carbocycles. The van der Waals surface area contributed by atoms with Gasteiger partial charge in [-0.15, -0.1) is 0 Å². The molecular weight excluding hydrogens is 481 g/mol. The fourth-order valence-corrected chi connectivity index (χ4v) is 4.66. The highest BCUT2D eigenvalue weighted by Crippen LogP contribution is 2.30. The van der Waals surface area contributed by atoms with Crippen molar-refractivity contribution < 1.29 is 22.8 Å². The maximum absolute atomic E-state index is 13.9. The van der Waals surface area contributed by atoms with E-state index in [1.54, 1.807) is 11.8 Å². The van der Waals surface area contributed by atoms with E-state index in [1.807, 2.05) is 24.3 Å². The zero-order valence-electron chi connectivity index (χ0n) is 20.0. The molecule has 0 spiro atoms. The van der Waals surface area contributed by atoms with Gasteiger partial charge in [-0.1, -0.05) is 12.1 Å². The number of rotatable bonds is 4. The Morgan fingerprint density at radius 3 is 2.41 bits per heavy atom. The van der Waals surface area contributed by atoms with Crippen LogP contribution in [0.2, 0.25) is 0 Å². The first-order valence-corrected chi connectivity index (χ1v) is 11.9. The van der Waals surface area contributed by atoms with E-state index >= 15 is 0 Å². The number of hydrogen-bond donors (Lipinski definition) is 1. The number of halogens is 3. The average Bonchev–Trinajstić information content (AvgIpc) is 2.90. The average molecular weight is 505 g/mol. The van der Waals surface area contributed by atoms with Crippen LogP contribution < -0.4 is 5.32 Å². The normalized spacial score (nSPS) is 14.1. The van der Waals surface area contributed by atoms with Crippen molar-refractivity contribution in [2.24, 2.45) is 0 Å². The van der Waals surface area contributed by atoms with Crippen LogP contribution in [-0.2, 0) is 0 Å². The van der Waals surface area contributed by atoms with Gasteiger partial charge in [0.2, 0.25) is 5.95 Å². The molecule has 5 rings (SSSR count). The minimum absolute atomic E-state index is 0.0978. The van der Waals surface area contributed by atoms with Crippen molar-refractivity contribution >= 4 is 28.4 Å². The summed E-state index contributed by atoms with van der Waals surface area (Å²) in [5, 5.41) is 3.18. The van der Waals surface area contributed by atoms with Crippen LogP contribution in [0.4, 0.5) is 18.9 Å². The van der Waals surface area contributed by atoms with Gasteiger partial charge in [-0.05, 0) is 73.7 Å². The van der Waals surface area contributed by atoms with Gasteiger partial charge < -0.3 is 10.2 Å². The van der Waals surface area contributed by atoms with E-state index < -0.39 is 17.6 Å². The van der Waals surface area contributed by atoms with Crippen LogP contribution in [0.25, 0.3) is 10.9 Å². The summed E-state index contributed by atoms with van der Waals surface area (Å²) in [7, 11) is 0. The third-order valence-electron chi connectivity index (χ3n) is 6.71. The smallest absolute Gasteiger partial charge is 0.257 e. The Labute approximate surface area is 211 Å². The number of carbonyl (C=O) groups is 2. The summed E-state index contributed by atoms with van der Waals surface area (Å²) in [6, 6.07) is 14.1. The molecule has 1 fully saturated rings. The highest BCUT2D eigenvalue weighted by Gasteiger charge is 2.25. The number of likely N-dealkylation sites (tertiary alicyclic amines) is 1. The second-order valence-corrected chi connectivity index (χ2v) is 9.07. The number of nitrogens with one attached hydrogen (secondary N) is 1. The van der Waals surface area contributed by atoms with Crippen LogP contribution in [0.1, 0.15) is 50.7 Å². The maximum Gasteiger partial charge on any atom is 0.257 e. The van der Waals surface area contributed by atoms with E-state index in [1.165, 1.54) is 24.4 Å². The van der Waals surface area contributed by atoms with E-state index in [-0.39, 0.29) is 23.2 Å². The van der Waals surface area contributed by atoms with E-state index in [4.69, 9.17) is 0 Å².